The van der Waals surface area contributed by atoms with Crippen molar-refractivity contribution in [2.75, 3.05) is 0 Å². The molecule has 0 heterocycles. The van der Waals surface area contributed by atoms with Crippen LogP contribution in [0.2, 0.25) is 0 Å². The summed E-state index contributed by atoms with van der Waals surface area (Å²) in [6.07, 6.45) is 11.4. The molecule has 1 unspecified atom stereocenters. The minimum atomic E-state index is 0.0143. The van der Waals surface area contributed by atoms with Gasteiger partial charge in [-0.25, -0.2) is 0 Å². The quantitative estimate of drug-likeness (QED) is 0.743. The molecule has 0 aromatic rings. The number of nitrogens with one attached hydrogen (secondary N) is 1. The lowest BCUT2D eigenvalue weighted by Gasteiger charge is -2.41. The molecule has 1 saturated carbocycles. The summed E-state index contributed by atoms with van der Waals surface area (Å²) in [5.74, 6) is 0. The standard InChI is InChI=1S/C14H25NO/c1-14(2,3)16-13-9-12(10-13)15-11-7-5-4-6-8-11/h5,7,11-13,15H,4,6,8-10H2,1-3H3. The van der Waals surface area contributed by atoms with Crippen molar-refractivity contribution in [2.24, 2.45) is 0 Å². The van der Waals surface area contributed by atoms with E-state index >= 15 is 0 Å². The monoisotopic (exact) mass is 223 g/mol. The van der Waals surface area contributed by atoms with Crippen LogP contribution in [0.4, 0.5) is 0 Å². The fourth-order valence-electron chi connectivity index (χ4n) is 2.55. The molecule has 2 aliphatic carbocycles. The summed E-state index contributed by atoms with van der Waals surface area (Å²) >= 11 is 0. The van der Waals surface area contributed by atoms with Gasteiger partial charge in [0.1, 0.15) is 0 Å². The van der Waals surface area contributed by atoms with Crippen LogP contribution in [-0.2, 0) is 4.74 Å². The van der Waals surface area contributed by atoms with E-state index in [4.69, 9.17) is 4.74 Å². The van der Waals surface area contributed by atoms with Crippen molar-refractivity contribution in [3.05, 3.63) is 12.2 Å². The lowest BCUT2D eigenvalue weighted by atomic mass is 9.87. The van der Waals surface area contributed by atoms with Crippen LogP contribution < -0.4 is 5.32 Å². The van der Waals surface area contributed by atoms with Gasteiger partial charge in [0.05, 0.1) is 11.7 Å². The summed E-state index contributed by atoms with van der Waals surface area (Å²) in [4.78, 5) is 0. The highest BCUT2D eigenvalue weighted by Gasteiger charge is 2.33. The number of hydrogen-bond acceptors (Lipinski definition) is 2. The molecule has 0 aliphatic heterocycles. The van der Waals surface area contributed by atoms with Crippen LogP contribution in [0.5, 0.6) is 0 Å². The van der Waals surface area contributed by atoms with Crippen LogP contribution >= 0.6 is 0 Å². The second-order valence-corrected chi connectivity index (χ2v) is 6.15. The van der Waals surface area contributed by atoms with Gasteiger partial charge in [-0.05, 0) is 52.9 Å². The maximum Gasteiger partial charge on any atom is 0.0612 e. The van der Waals surface area contributed by atoms with Crippen LogP contribution in [0.3, 0.4) is 0 Å². The van der Waals surface area contributed by atoms with Gasteiger partial charge in [-0.15, -0.1) is 0 Å². The van der Waals surface area contributed by atoms with Crippen molar-refractivity contribution >= 4 is 0 Å². The van der Waals surface area contributed by atoms with E-state index < -0.39 is 0 Å². The first-order valence-corrected chi connectivity index (χ1v) is 6.63. The fraction of sp³-hybridized carbons (Fsp3) is 0.857. The van der Waals surface area contributed by atoms with E-state index in [-0.39, 0.29) is 5.60 Å². The van der Waals surface area contributed by atoms with E-state index in [0.717, 1.165) is 0 Å². The van der Waals surface area contributed by atoms with Gasteiger partial charge in [0, 0.05) is 12.1 Å². The number of allylic oxidation sites excluding steroid dienone is 1. The fourth-order valence-corrected chi connectivity index (χ4v) is 2.55. The second-order valence-electron chi connectivity index (χ2n) is 6.15. The van der Waals surface area contributed by atoms with Crippen LogP contribution in [0.25, 0.3) is 0 Å². The molecule has 1 N–H and O–H groups in total. The molecule has 0 aromatic heterocycles. The van der Waals surface area contributed by atoms with Crippen molar-refractivity contribution in [1.82, 2.24) is 5.32 Å². The molecule has 2 nitrogen and oxygen atoms in total. The SMILES string of the molecule is CC(C)(C)OC1CC(NC2C=CCCC2)C1. The van der Waals surface area contributed by atoms with Crippen LogP contribution in [0.1, 0.15) is 52.9 Å². The molecule has 2 rings (SSSR count). The van der Waals surface area contributed by atoms with Gasteiger partial charge in [-0.3, -0.25) is 0 Å². The van der Waals surface area contributed by atoms with Crippen molar-refractivity contribution in [1.29, 1.82) is 0 Å². The predicted octanol–water partition coefficient (Wildman–Crippen LogP) is 3.03. The Morgan fingerprint density at radius 3 is 2.56 bits per heavy atom. The molecule has 2 aliphatic rings. The first kappa shape index (κ1) is 12.1. The van der Waals surface area contributed by atoms with E-state index in [1.54, 1.807) is 0 Å². The molecule has 16 heavy (non-hydrogen) atoms. The molecule has 0 radical (unpaired) electrons. The lowest BCUT2D eigenvalue weighted by Crippen LogP contribution is -2.50. The third-order valence-corrected chi connectivity index (χ3v) is 3.32. The van der Waals surface area contributed by atoms with E-state index in [1.165, 1.54) is 32.1 Å². The Morgan fingerprint density at radius 2 is 2.00 bits per heavy atom. The van der Waals surface area contributed by atoms with E-state index in [1.807, 2.05) is 0 Å². The van der Waals surface area contributed by atoms with Gasteiger partial charge in [-0.1, -0.05) is 12.2 Å². The highest BCUT2D eigenvalue weighted by atomic mass is 16.5. The summed E-state index contributed by atoms with van der Waals surface area (Å²) in [7, 11) is 0. The second kappa shape index (κ2) is 4.89. The molecule has 0 saturated heterocycles. The maximum absolute atomic E-state index is 5.94. The summed E-state index contributed by atoms with van der Waals surface area (Å²) in [6.45, 7) is 6.41. The van der Waals surface area contributed by atoms with Gasteiger partial charge in [-0.2, -0.15) is 0 Å². The number of rotatable bonds is 3. The average molecular weight is 223 g/mol. The molecule has 0 bridgehead atoms. The zero-order chi connectivity index (χ0) is 11.6. The summed E-state index contributed by atoms with van der Waals surface area (Å²) in [5, 5.41) is 3.70. The first-order chi connectivity index (χ1) is 7.53. The van der Waals surface area contributed by atoms with Gasteiger partial charge in [0.25, 0.3) is 0 Å². The molecule has 0 aromatic carbocycles. The molecular formula is C14H25NO. The zero-order valence-corrected chi connectivity index (χ0v) is 10.8. The van der Waals surface area contributed by atoms with E-state index in [9.17, 15) is 0 Å². The third-order valence-electron chi connectivity index (χ3n) is 3.32. The Morgan fingerprint density at radius 1 is 1.25 bits per heavy atom. The molecule has 1 fully saturated rings. The zero-order valence-electron chi connectivity index (χ0n) is 10.8. The molecule has 92 valence electrons. The topological polar surface area (TPSA) is 21.3 Å². The maximum atomic E-state index is 5.94. The summed E-state index contributed by atoms with van der Waals surface area (Å²) in [5.41, 5.74) is 0.0143. The van der Waals surface area contributed by atoms with Crippen molar-refractivity contribution in [3.8, 4) is 0 Å². The van der Waals surface area contributed by atoms with Gasteiger partial charge in [0.15, 0.2) is 0 Å². The highest BCUT2D eigenvalue weighted by Crippen LogP contribution is 2.28. The highest BCUT2D eigenvalue weighted by molar-refractivity contribution is 5.00. The minimum Gasteiger partial charge on any atom is -0.373 e. The Labute approximate surface area is 99.4 Å². The van der Waals surface area contributed by atoms with E-state index in [2.05, 4.69) is 38.2 Å². The number of hydrogen-bond donors (Lipinski definition) is 1. The molecule has 1 atom stereocenters. The van der Waals surface area contributed by atoms with Crippen molar-refractivity contribution in [2.45, 2.75) is 76.7 Å². The summed E-state index contributed by atoms with van der Waals surface area (Å²) < 4.78 is 5.94. The van der Waals surface area contributed by atoms with Crippen LogP contribution in [0, 0.1) is 0 Å². The van der Waals surface area contributed by atoms with Crippen molar-refractivity contribution < 1.29 is 4.74 Å². The van der Waals surface area contributed by atoms with Gasteiger partial charge in [0.2, 0.25) is 0 Å². The smallest absolute Gasteiger partial charge is 0.0612 e. The third kappa shape index (κ3) is 3.60. The van der Waals surface area contributed by atoms with Gasteiger partial charge < -0.3 is 10.1 Å². The first-order valence-electron chi connectivity index (χ1n) is 6.63. The Bertz CT molecular complexity index is 248. The average Bonchev–Trinajstić information content (AvgIpc) is 2.14. The minimum absolute atomic E-state index is 0.0143. The molecular weight excluding hydrogens is 198 g/mol. The molecule has 0 amide bonds. The van der Waals surface area contributed by atoms with Crippen molar-refractivity contribution in [3.63, 3.8) is 0 Å². The Hall–Kier alpha value is -0.340. The molecule has 2 heteroatoms. The Balaban J connectivity index is 1.65. The normalized spacial score (nSPS) is 34.8. The van der Waals surface area contributed by atoms with Crippen LogP contribution in [-0.4, -0.2) is 23.8 Å². The molecule has 0 spiro atoms. The van der Waals surface area contributed by atoms with E-state index in [0.29, 0.717) is 18.2 Å². The Kier molecular flexibility index (Phi) is 3.70. The van der Waals surface area contributed by atoms with Gasteiger partial charge >= 0.3 is 0 Å². The summed E-state index contributed by atoms with van der Waals surface area (Å²) in [6, 6.07) is 1.30. The number of ether oxygens (including phenoxy) is 1. The lowest BCUT2D eigenvalue weighted by molar-refractivity contribution is -0.103. The van der Waals surface area contributed by atoms with Crippen LogP contribution in [0.15, 0.2) is 12.2 Å². The largest absolute Gasteiger partial charge is 0.373 e. The predicted molar refractivity (Wildman–Crippen MR) is 67.6 cm³/mol.